The Hall–Kier alpha value is -1.13. The van der Waals surface area contributed by atoms with E-state index in [1.165, 1.54) is 6.07 Å². The Kier molecular flexibility index (Phi) is 6.62. The highest BCUT2D eigenvalue weighted by atomic mass is 19.1. The van der Waals surface area contributed by atoms with E-state index in [1.807, 2.05) is 12.1 Å². The largest absolute Gasteiger partial charge is 0.497 e. The molecule has 120 valence electrons. The molecule has 0 aromatic heterocycles. The summed E-state index contributed by atoms with van der Waals surface area (Å²) in [6, 6.07) is 5.07. The molecule has 0 saturated carbocycles. The van der Waals surface area contributed by atoms with Crippen molar-refractivity contribution >= 4 is 0 Å². The maximum atomic E-state index is 14.5. The first-order valence-corrected chi connectivity index (χ1v) is 7.71. The van der Waals surface area contributed by atoms with Crippen molar-refractivity contribution in [3.05, 3.63) is 29.6 Å². The van der Waals surface area contributed by atoms with Crippen LogP contribution in [0.3, 0.4) is 0 Å². The Morgan fingerprint density at radius 1 is 1.24 bits per heavy atom. The Labute approximate surface area is 128 Å². The van der Waals surface area contributed by atoms with E-state index in [9.17, 15) is 4.39 Å². The van der Waals surface area contributed by atoms with E-state index in [4.69, 9.17) is 4.74 Å². The quantitative estimate of drug-likeness (QED) is 0.793. The lowest BCUT2D eigenvalue weighted by molar-refractivity contribution is 0.0872. The minimum atomic E-state index is -0.214. The molecule has 3 nitrogen and oxygen atoms in total. The number of ether oxygens (including phenoxy) is 1. The van der Waals surface area contributed by atoms with Crippen LogP contribution < -0.4 is 10.1 Å². The molecule has 0 fully saturated rings. The molecule has 0 aliphatic rings. The van der Waals surface area contributed by atoms with Crippen molar-refractivity contribution in [2.24, 2.45) is 0 Å². The zero-order valence-corrected chi connectivity index (χ0v) is 14.2. The second kappa shape index (κ2) is 7.76. The molecule has 1 atom stereocenters. The van der Waals surface area contributed by atoms with Crippen molar-refractivity contribution in [1.82, 2.24) is 10.2 Å². The fraction of sp³-hybridized carbons (Fsp3) is 0.647. The molecular weight excluding hydrogens is 267 g/mol. The highest BCUT2D eigenvalue weighted by Gasteiger charge is 2.39. The van der Waals surface area contributed by atoms with Crippen LogP contribution in [0.5, 0.6) is 5.75 Å². The monoisotopic (exact) mass is 296 g/mol. The Balaban J connectivity index is 3.34. The first kappa shape index (κ1) is 17.9. The van der Waals surface area contributed by atoms with Gasteiger partial charge in [0, 0.05) is 17.2 Å². The van der Waals surface area contributed by atoms with Crippen LogP contribution in [0.2, 0.25) is 0 Å². The van der Waals surface area contributed by atoms with Gasteiger partial charge in [0.25, 0.3) is 0 Å². The highest BCUT2D eigenvalue weighted by Crippen LogP contribution is 2.37. The molecule has 4 heteroatoms. The van der Waals surface area contributed by atoms with E-state index < -0.39 is 0 Å². The lowest BCUT2D eigenvalue weighted by atomic mass is 9.79. The van der Waals surface area contributed by atoms with Gasteiger partial charge in [-0.2, -0.15) is 0 Å². The average molecular weight is 296 g/mol. The fourth-order valence-corrected chi connectivity index (χ4v) is 3.21. The van der Waals surface area contributed by atoms with E-state index >= 15 is 0 Å². The third-order valence-electron chi connectivity index (χ3n) is 4.58. The molecule has 0 heterocycles. The van der Waals surface area contributed by atoms with Crippen molar-refractivity contribution in [2.75, 3.05) is 27.7 Å². The SMILES string of the molecule is CCNC(c1ccc(OC)cc1F)C(CC)(CC)N(C)C. The van der Waals surface area contributed by atoms with Gasteiger partial charge in [-0.25, -0.2) is 4.39 Å². The van der Waals surface area contributed by atoms with Crippen molar-refractivity contribution in [3.8, 4) is 5.75 Å². The van der Waals surface area contributed by atoms with Crippen LogP contribution in [-0.4, -0.2) is 38.2 Å². The van der Waals surface area contributed by atoms with Gasteiger partial charge in [-0.1, -0.05) is 26.8 Å². The molecule has 0 radical (unpaired) electrons. The summed E-state index contributed by atoms with van der Waals surface area (Å²) in [5, 5.41) is 3.48. The molecule has 1 aromatic carbocycles. The number of hydrogen-bond donors (Lipinski definition) is 1. The first-order valence-electron chi connectivity index (χ1n) is 7.71. The van der Waals surface area contributed by atoms with Crippen molar-refractivity contribution in [3.63, 3.8) is 0 Å². The van der Waals surface area contributed by atoms with Crippen LogP contribution >= 0.6 is 0 Å². The van der Waals surface area contributed by atoms with Crippen molar-refractivity contribution < 1.29 is 9.13 Å². The van der Waals surface area contributed by atoms with Gasteiger partial charge in [-0.05, 0) is 39.5 Å². The zero-order valence-electron chi connectivity index (χ0n) is 14.2. The fourth-order valence-electron chi connectivity index (χ4n) is 3.21. The molecule has 21 heavy (non-hydrogen) atoms. The standard InChI is InChI=1S/C17H29FN2O/c1-7-17(8-2,20(4)5)16(19-9-3)14-11-10-13(21-6)12-15(14)18/h10-12,16,19H,7-9H2,1-6H3. The van der Waals surface area contributed by atoms with Gasteiger partial charge in [-0.3, -0.25) is 0 Å². The summed E-state index contributed by atoms with van der Waals surface area (Å²) in [5.74, 6) is 0.336. The molecule has 0 amide bonds. The smallest absolute Gasteiger partial charge is 0.131 e. The second-order valence-electron chi connectivity index (χ2n) is 5.58. The van der Waals surface area contributed by atoms with Gasteiger partial charge < -0.3 is 15.0 Å². The molecule has 0 aliphatic carbocycles. The maximum absolute atomic E-state index is 14.5. The molecule has 1 N–H and O–H groups in total. The number of benzene rings is 1. The number of rotatable bonds is 8. The lowest BCUT2D eigenvalue weighted by Crippen LogP contribution is -2.53. The average Bonchev–Trinajstić information content (AvgIpc) is 2.47. The number of halogens is 1. The molecule has 0 spiro atoms. The normalized spacial score (nSPS) is 13.5. The highest BCUT2D eigenvalue weighted by molar-refractivity contribution is 5.33. The van der Waals surface area contributed by atoms with Gasteiger partial charge >= 0.3 is 0 Å². The van der Waals surface area contributed by atoms with Crippen LogP contribution in [-0.2, 0) is 0 Å². The van der Waals surface area contributed by atoms with Crippen LogP contribution in [0.15, 0.2) is 18.2 Å². The molecule has 1 aromatic rings. The van der Waals surface area contributed by atoms with Crippen LogP contribution in [0.4, 0.5) is 4.39 Å². The molecule has 0 aliphatic heterocycles. The summed E-state index contributed by atoms with van der Waals surface area (Å²) in [6.07, 6.45) is 1.89. The number of nitrogens with one attached hydrogen (secondary N) is 1. The molecule has 0 saturated heterocycles. The van der Waals surface area contributed by atoms with Crippen LogP contribution in [0.1, 0.15) is 45.2 Å². The molecule has 1 rings (SSSR count). The Morgan fingerprint density at radius 2 is 1.86 bits per heavy atom. The van der Waals surface area contributed by atoms with Crippen molar-refractivity contribution in [1.29, 1.82) is 0 Å². The summed E-state index contributed by atoms with van der Waals surface area (Å²) in [5.41, 5.74) is 0.584. The predicted molar refractivity (Wildman–Crippen MR) is 86.4 cm³/mol. The molecule has 1 unspecified atom stereocenters. The van der Waals surface area contributed by atoms with Gasteiger partial charge in [-0.15, -0.1) is 0 Å². The summed E-state index contributed by atoms with van der Waals surface area (Å²) < 4.78 is 19.6. The Morgan fingerprint density at radius 3 is 2.24 bits per heavy atom. The predicted octanol–water partition coefficient (Wildman–Crippen LogP) is 3.61. The van der Waals surface area contributed by atoms with Gasteiger partial charge in [0.1, 0.15) is 11.6 Å². The van der Waals surface area contributed by atoms with Gasteiger partial charge in [0.05, 0.1) is 13.2 Å². The van der Waals surface area contributed by atoms with Gasteiger partial charge in [0.2, 0.25) is 0 Å². The number of likely N-dealkylation sites (N-methyl/N-ethyl adjacent to an activating group) is 2. The summed E-state index contributed by atoms with van der Waals surface area (Å²) >= 11 is 0. The van der Waals surface area contributed by atoms with Crippen LogP contribution in [0, 0.1) is 5.82 Å². The molecule has 0 bridgehead atoms. The lowest BCUT2D eigenvalue weighted by Gasteiger charge is -2.45. The van der Waals surface area contributed by atoms with E-state index in [0.29, 0.717) is 11.3 Å². The van der Waals surface area contributed by atoms with E-state index in [-0.39, 0.29) is 17.4 Å². The van der Waals surface area contributed by atoms with Crippen LogP contribution in [0.25, 0.3) is 0 Å². The van der Waals surface area contributed by atoms with Gasteiger partial charge in [0.15, 0.2) is 0 Å². The van der Waals surface area contributed by atoms with E-state index in [2.05, 4.69) is 45.1 Å². The summed E-state index contributed by atoms with van der Waals surface area (Å²) in [6.45, 7) is 7.18. The minimum Gasteiger partial charge on any atom is -0.497 e. The van der Waals surface area contributed by atoms with E-state index in [0.717, 1.165) is 19.4 Å². The van der Waals surface area contributed by atoms with E-state index in [1.54, 1.807) is 7.11 Å². The first-order chi connectivity index (χ1) is 9.96. The van der Waals surface area contributed by atoms with Crippen molar-refractivity contribution in [2.45, 2.75) is 45.2 Å². The number of methoxy groups -OCH3 is 1. The minimum absolute atomic E-state index is 0.0570. The third-order valence-corrected chi connectivity index (χ3v) is 4.58. The Bertz CT molecular complexity index is 444. The molecular formula is C17H29FN2O. The maximum Gasteiger partial charge on any atom is 0.131 e. The second-order valence-corrected chi connectivity index (χ2v) is 5.58. The topological polar surface area (TPSA) is 24.5 Å². The zero-order chi connectivity index (χ0) is 16.0. The summed E-state index contributed by atoms with van der Waals surface area (Å²) in [4.78, 5) is 2.21. The third kappa shape index (κ3) is 3.55. The number of nitrogens with zero attached hydrogens (tertiary/aromatic N) is 1. The summed E-state index contributed by atoms with van der Waals surface area (Å²) in [7, 11) is 5.69. The number of hydrogen-bond acceptors (Lipinski definition) is 3.